The molecule has 0 radical (unpaired) electrons. The van der Waals surface area contributed by atoms with Gasteiger partial charge < -0.3 is 11.1 Å². The maximum absolute atomic E-state index is 12.5. The van der Waals surface area contributed by atoms with Crippen LogP contribution >= 0.6 is 0 Å². The highest BCUT2D eigenvalue weighted by Crippen LogP contribution is 2.37. The molecule has 1 heterocycles. The third-order valence-electron chi connectivity index (χ3n) is 4.50. The lowest BCUT2D eigenvalue weighted by Crippen LogP contribution is -2.28. The molecular formula is C18H22N4O2. The average Bonchev–Trinajstić information content (AvgIpc) is 2.81. The third-order valence-corrected chi connectivity index (χ3v) is 4.50. The van der Waals surface area contributed by atoms with E-state index in [9.17, 15) is 9.59 Å². The SMILES string of the molecule is CNc1cc(-n2nc(C)c3c2CC(C)(C)CC3=O)ccc1C(N)=O. The fraction of sp³-hybridized carbons (Fsp3) is 0.389. The van der Waals surface area contributed by atoms with E-state index in [1.165, 1.54) is 0 Å². The fourth-order valence-electron chi connectivity index (χ4n) is 3.44. The molecule has 6 nitrogen and oxygen atoms in total. The Morgan fingerprint density at radius 2 is 2.04 bits per heavy atom. The number of hydrogen-bond donors (Lipinski definition) is 2. The van der Waals surface area contributed by atoms with Crippen LogP contribution in [0.5, 0.6) is 0 Å². The van der Waals surface area contributed by atoms with E-state index >= 15 is 0 Å². The largest absolute Gasteiger partial charge is 0.387 e. The number of ketones is 1. The van der Waals surface area contributed by atoms with E-state index in [1.54, 1.807) is 19.2 Å². The summed E-state index contributed by atoms with van der Waals surface area (Å²) in [6.07, 6.45) is 1.32. The van der Waals surface area contributed by atoms with E-state index in [0.29, 0.717) is 17.7 Å². The Morgan fingerprint density at radius 3 is 2.67 bits per heavy atom. The molecule has 1 aromatic heterocycles. The molecule has 2 aromatic rings. The van der Waals surface area contributed by atoms with Crippen LogP contribution in [0.25, 0.3) is 5.69 Å². The molecule has 1 aliphatic rings. The number of carbonyl (C=O) groups is 2. The van der Waals surface area contributed by atoms with Gasteiger partial charge in [-0.15, -0.1) is 0 Å². The second kappa shape index (κ2) is 5.47. The molecule has 6 heteroatoms. The van der Waals surface area contributed by atoms with E-state index in [-0.39, 0.29) is 11.2 Å². The summed E-state index contributed by atoms with van der Waals surface area (Å²) in [6, 6.07) is 5.32. The smallest absolute Gasteiger partial charge is 0.250 e. The van der Waals surface area contributed by atoms with Crippen LogP contribution in [0.2, 0.25) is 0 Å². The molecule has 0 bridgehead atoms. The molecule has 0 spiro atoms. The molecule has 126 valence electrons. The number of amides is 1. The number of anilines is 1. The monoisotopic (exact) mass is 326 g/mol. The Morgan fingerprint density at radius 1 is 1.33 bits per heavy atom. The normalized spacial score (nSPS) is 15.9. The first kappa shape index (κ1) is 16.2. The van der Waals surface area contributed by atoms with E-state index in [4.69, 9.17) is 5.73 Å². The van der Waals surface area contributed by atoms with Gasteiger partial charge in [0.2, 0.25) is 0 Å². The Kier molecular flexibility index (Phi) is 3.70. The molecule has 3 rings (SSSR count). The Balaban J connectivity index is 2.17. The quantitative estimate of drug-likeness (QED) is 0.906. The number of hydrogen-bond acceptors (Lipinski definition) is 4. The van der Waals surface area contributed by atoms with Crippen LogP contribution in [0.4, 0.5) is 5.69 Å². The molecule has 0 aliphatic heterocycles. The van der Waals surface area contributed by atoms with Gasteiger partial charge in [-0.2, -0.15) is 5.10 Å². The number of aromatic nitrogens is 2. The van der Waals surface area contributed by atoms with Gasteiger partial charge in [0.1, 0.15) is 0 Å². The molecular weight excluding hydrogens is 304 g/mol. The van der Waals surface area contributed by atoms with Crippen molar-refractivity contribution < 1.29 is 9.59 Å². The highest BCUT2D eigenvalue weighted by molar-refractivity contribution is 6.00. The van der Waals surface area contributed by atoms with Gasteiger partial charge in [0, 0.05) is 19.2 Å². The predicted octanol–water partition coefficient (Wildman–Crippen LogP) is 2.48. The summed E-state index contributed by atoms with van der Waals surface area (Å²) in [7, 11) is 1.74. The molecule has 0 saturated carbocycles. The lowest BCUT2D eigenvalue weighted by molar-refractivity contribution is 0.0909. The van der Waals surface area contributed by atoms with Crippen LogP contribution < -0.4 is 11.1 Å². The number of nitrogens with zero attached hydrogens (tertiary/aromatic N) is 2. The van der Waals surface area contributed by atoms with Crippen LogP contribution in [0.3, 0.4) is 0 Å². The van der Waals surface area contributed by atoms with E-state index in [1.807, 2.05) is 17.7 Å². The number of rotatable bonds is 3. The van der Waals surface area contributed by atoms with E-state index in [2.05, 4.69) is 24.3 Å². The van der Waals surface area contributed by atoms with Crippen molar-refractivity contribution in [1.82, 2.24) is 9.78 Å². The van der Waals surface area contributed by atoms with Crippen molar-refractivity contribution in [2.45, 2.75) is 33.6 Å². The molecule has 0 saturated heterocycles. The molecule has 1 aromatic carbocycles. The second-order valence-corrected chi connectivity index (χ2v) is 7.10. The first-order chi connectivity index (χ1) is 11.2. The maximum Gasteiger partial charge on any atom is 0.250 e. The minimum atomic E-state index is -0.485. The van der Waals surface area contributed by atoms with Crippen molar-refractivity contribution in [3.8, 4) is 5.69 Å². The molecule has 0 unspecified atom stereocenters. The van der Waals surface area contributed by atoms with Gasteiger partial charge in [-0.1, -0.05) is 13.8 Å². The van der Waals surface area contributed by atoms with E-state index < -0.39 is 5.91 Å². The number of Topliss-reactive ketones (excluding diaryl/α,β-unsaturated/α-hetero) is 1. The molecule has 1 aliphatic carbocycles. The summed E-state index contributed by atoms with van der Waals surface area (Å²) in [5.74, 6) is -0.339. The topological polar surface area (TPSA) is 90.0 Å². The number of benzene rings is 1. The highest BCUT2D eigenvalue weighted by Gasteiger charge is 2.35. The standard InChI is InChI=1S/C18H22N4O2/c1-10-16-14(8-18(2,3)9-15(16)23)22(21-10)11-5-6-12(17(19)24)13(7-11)20-4/h5-7,20H,8-9H2,1-4H3,(H2,19,24). The second-order valence-electron chi connectivity index (χ2n) is 7.10. The number of nitrogens with one attached hydrogen (secondary N) is 1. The van der Waals surface area contributed by atoms with Gasteiger partial charge in [0.25, 0.3) is 5.91 Å². The molecule has 0 atom stereocenters. The molecule has 3 N–H and O–H groups in total. The van der Waals surface area contributed by atoms with Gasteiger partial charge >= 0.3 is 0 Å². The van der Waals surface area contributed by atoms with Crippen molar-refractivity contribution in [2.24, 2.45) is 11.1 Å². The zero-order valence-electron chi connectivity index (χ0n) is 14.4. The van der Waals surface area contributed by atoms with Crippen LogP contribution in [-0.4, -0.2) is 28.5 Å². The first-order valence-electron chi connectivity index (χ1n) is 7.97. The summed E-state index contributed by atoms with van der Waals surface area (Å²) in [5, 5.41) is 7.57. The first-order valence-corrected chi connectivity index (χ1v) is 7.97. The van der Waals surface area contributed by atoms with Gasteiger partial charge in [0.05, 0.1) is 28.2 Å². The summed E-state index contributed by atoms with van der Waals surface area (Å²) in [4.78, 5) is 24.0. The Bertz CT molecular complexity index is 849. The maximum atomic E-state index is 12.5. The van der Waals surface area contributed by atoms with Crippen molar-refractivity contribution in [1.29, 1.82) is 0 Å². The molecule has 24 heavy (non-hydrogen) atoms. The van der Waals surface area contributed by atoms with Crippen molar-refractivity contribution in [2.75, 3.05) is 12.4 Å². The van der Waals surface area contributed by atoms with Gasteiger partial charge in [-0.3, -0.25) is 9.59 Å². The minimum Gasteiger partial charge on any atom is -0.387 e. The van der Waals surface area contributed by atoms with Gasteiger partial charge in [0.15, 0.2) is 5.78 Å². The van der Waals surface area contributed by atoms with Crippen molar-refractivity contribution in [3.63, 3.8) is 0 Å². The highest BCUT2D eigenvalue weighted by atomic mass is 16.1. The zero-order valence-corrected chi connectivity index (χ0v) is 14.4. The summed E-state index contributed by atoms with van der Waals surface area (Å²) >= 11 is 0. The van der Waals surface area contributed by atoms with Crippen LogP contribution in [-0.2, 0) is 6.42 Å². The van der Waals surface area contributed by atoms with Crippen LogP contribution in [0.1, 0.15) is 52.4 Å². The molecule has 0 fully saturated rings. The van der Waals surface area contributed by atoms with Gasteiger partial charge in [-0.05, 0) is 37.0 Å². The van der Waals surface area contributed by atoms with Crippen LogP contribution in [0.15, 0.2) is 18.2 Å². The van der Waals surface area contributed by atoms with Crippen LogP contribution in [0, 0.1) is 12.3 Å². The number of aryl methyl sites for hydroxylation is 1. The lowest BCUT2D eigenvalue weighted by Gasteiger charge is -2.29. The average molecular weight is 326 g/mol. The third kappa shape index (κ3) is 2.58. The summed E-state index contributed by atoms with van der Waals surface area (Å²) in [5.41, 5.74) is 9.60. The number of nitrogens with two attached hydrogens (primary N) is 1. The van der Waals surface area contributed by atoms with Crippen molar-refractivity contribution >= 4 is 17.4 Å². The minimum absolute atomic E-state index is 0.0900. The van der Waals surface area contributed by atoms with Gasteiger partial charge in [-0.25, -0.2) is 4.68 Å². The number of primary amides is 1. The van der Waals surface area contributed by atoms with E-state index in [0.717, 1.165) is 29.1 Å². The predicted molar refractivity (Wildman–Crippen MR) is 92.8 cm³/mol. The zero-order chi connectivity index (χ0) is 17.6. The summed E-state index contributed by atoms with van der Waals surface area (Å²) < 4.78 is 1.81. The molecule has 1 amide bonds. The fourth-order valence-corrected chi connectivity index (χ4v) is 3.44. The summed E-state index contributed by atoms with van der Waals surface area (Å²) in [6.45, 7) is 6.05. The number of carbonyl (C=O) groups excluding carboxylic acids is 2. The number of fused-ring (bicyclic) bond motifs is 1. The lowest BCUT2D eigenvalue weighted by atomic mass is 9.75. The van der Waals surface area contributed by atoms with Crippen molar-refractivity contribution in [3.05, 3.63) is 40.7 Å². The Labute approximate surface area is 141 Å². The Hall–Kier alpha value is -2.63.